The van der Waals surface area contributed by atoms with Crippen LogP contribution < -0.4 is 20.5 Å². The minimum Gasteiger partial charge on any atom is -0.482 e. The van der Waals surface area contributed by atoms with Crippen LogP contribution in [0.5, 0.6) is 5.75 Å². The van der Waals surface area contributed by atoms with Gasteiger partial charge in [-0.05, 0) is 36.4 Å². The fourth-order valence-corrected chi connectivity index (χ4v) is 3.29. The van der Waals surface area contributed by atoms with Crippen molar-refractivity contribution in [3.8, 4) is 5.75 Å². The van der Waals surface area contributed by atoms with Crippen molar-refractivity contribution in [2.45, 2.75) is 4.90 Å². The molecule has 33 heavy (non-hydrogen) atoms. The molecule has 0 saturated carbocycles. The van der Waals surface area contributed by atoms with Gasteiger partial charge in [0.05, 0.1) is 16.1 Å². The number of rotatable bonds is 8. The van der Waals surface area contributed by atoms with Crippen molar-refractivity contribution in [3.05, 3.63) is 59.5 Å². The van der Waals surface area contributed by atoms with Gasteiger partial charge in [-0.2, -0.15) is 4.98 Å². The highest BCUT2D eigenvalue weighted by molar-refractivity contribution is 7.89. The maximum absolute atomic E-state index is 14.3. The van der Waals surface area contributed by atoms with Gasteiger partial charge in [-0.25, -0.2) is 22.9 Å². The van der Waals surface area contributed by atoms with E-state index in [1.165, 1.54) is 35.2 Å². The van der Waals surface area contributed by atoms with E-state index in [4.69, 9.17) is 21.5 Å². The first-order valence-corrected chi connectivity index (χ1v) is 11.3. The van der Waals surface area contributed by atoms with Crippen LogP contribution in [0.3, 0.4) is 0 Å². The summed E-state index contributed by atoms with van der Waals surface area (Å²) in [7, 11) is -0.676. The lowest BCUT2D eigenvalue weighted by molar-refractivity contribution is -0.130. The number of ether oxygens (including phenoxy) is 1. The fourth-order valence-electron chi connectivity index (χ4n) is 2.50. The summed E-state index contributed by atoms with van der Waals surface area (Å²) in [5.74, 6) is -0.808. The molecule has 0 radical (unpaired) electrons. The van der Waals surface area contributed by atoms with Gasteiger partial charge in [0.15, 0.2) is 18.2 Å². The van der Waals surface area contributed by atoms with Crippen molar-refractivity contribution < 1.29 is 22.3 Å². The summed E-state index contributed by atoms with van der Waals surface area (Å²) >= 11 is 6.20. The summed E-state index contributed by atoms with van der Waals surface area (Å²) in [6, 6.07) is 10.3. The Bertz CT molecular complexity index is 1290. The lowest BCUT2D eigenvalue weighted by atomic mass is 10.3. The molecule has 3 aromatic rings. The molecule has 1 aromatic heterocycles. The van der Waals surface area contributed by atoms with Crippen molar-refractivity contribution in [3.63, 3.8) is 0 Å². The molecule has 0 fully saturated rings. The SMILES string of the molecule is CN(C)C(=O)COc1ccc(Nc2nc(Nc3cccc(S(N)(=O)=O)c3)ncc2F)cc1Cl. The number of hydrogen-bond donors (Lipinski definition) is 3. The van der Waals surface area contributed by atoms with Crippen LogP contribution in [0, 0.1) is 5.82 Å². The Labute approximate surface area is 194 Å². The number of hydrogen-bond acceptors (Lipinski definition) is 8. The summed E-state index contributed by atoms with van der Waals surface area (Å²) < 4.78 is 42.7. The van der Waals surface area contributed by atoms with Gasteiger partial charge in [0.25, 0.3) is 5.91 Å². The zero-order valence-corrected chi connectivity index (χ0v) is 19.1. The highest BCUT2D eigenvalue weighted by atomic mass is 35.5. The van der Waals surface area contributed by atoms with Gasteiger partial charge >= 0.3 is 0 Å². The quantitative estimate of drug-likeness (QED) is 0.434. The van der Waals surface area contributed by atoms with Crippen LogP contribution in [-0.2, 0) is 14.8 Å². The smallest absolute Gasteiger partial charge is 0.259 e. The largest absolute Gasteiger partial charge is 0.482 e. The van der Waals surface area contributed by atoms with Gasteiger partial charge in [0.1, 0.15) is 5.75 Å². The summed E-state index contributed by atoms with van der Waals surface area (Å²) in [6.45, 7) is -0.179. The number of sulfonamides is 1. The molecule has 0 saturated heterocycles. The third-order valence-electron chi connectivity index (χ3n) is 4.21. The maximum Gasteiger partial charge on any atom is 0.259 e. The third kappa shape index (κ3) is 6.51. The van der Waals surface area contributed by atoms with Gasteiger partial charge < -0.3 is 20.3 Å². The van der Waals surface area contributed by atoms with E-state index < -0.39 is 15.8 Å². The second kappa shape index (κ2) is 9.98. The molecule has 0 unspecified atom stereocenters. The number of anilines is 4. The number of aromatic nitrogens is 2. The Morgan fingerprint density at radius 3 is 2.58 bits per heavy atom. The number of nitrogens with zero attached hydrogens (tertiary/aromatic N) is 3. The molecule has 0 aliphatic rings. The van der Waals surface area contributed by atoms with E-state index in [9.17, 15) is 17.6 Å². The van der Waals surface area contributed by atoms with Crippen LogP contribution >= 0.6 is 11.6 Å². The Morgan fingerprint density at radius 2 is 1.91 bits per heavy atom. The molecule has 0 aliphatic carbocycles. The van der Waals surface area contributed by atoms with Crippen molar-refractivity contribution in [2.24, 2.45) is 5.14 Å². The zero-order valence-electron chi connectivity index (χ0n) is 17.5. The number of carbonyl (C=O) groups excluding carboxylic acids is 1. The van der Waals surface area contributed by atoms with Crippen molar-refractivity contribution in [1.82, 2.24) is 14.9 Å². The first-order valence-electron chi connectivity index (χ1n) is 9.35. The normalized spacial score (nSPS) is 11.1. The zero-order chi connectivity index (χ0) is 24.2. The number of nitrogens with two attached hydrogens (primary N) is 1. The van der Waals surface area contributed by atoms with Gasteiger partial charge in [0.2, 0.25) is 16.0 Å². The average molecular weight is 495 g/mol. The lowest BCUT2D eigenvalue weighted by Crippen LogP contribution is -2.27. The highest BCUT2D eigenvalue weighted by Gasteiger charge is 2.12. The summed E-state index contributed by atoms with van der Waals surface area (Å²) in [5, 5.41) is 10.9. The molecule has 2 aromatic carbocycles. The minimum absolute atomic E-state index is 0.0127. The van der Waals surface area contributed by atoms with E-state index in [0.29, 0.717) is 11.4 Å². The standard InChI is InChI=1S/C20H20ClFN6O4S/c1-28(2)18(29)11-32-17-7-6-13(9-15(17)21)25-19-16(22)10-24-20(27-19)26-12-4-3-5-14(8-12)33(23,30)31/h3-10H,11H2,1-2H3,(H2,23,30,31)(H2,24,25,26,27). The summed E-state index contributed by atoms with van der Waals surface area (Å²) in [5.41, 5.74) is 0.752. The van der Waals surface area contributed by atoms with E-state index in [1.54, 1.807) is 26.2 Å². The van der Waals surface area contributed by atoms with E-state index in [0.717, 1.165) is 6.20 Å². The van der Waals surface area contributed by atoms with Gasteiger partial charge in [-0.3, -0.25) is 4.79 Å². The predicted octanol–water partition coefficient (Wildman–Crippen LogP) is 2.87. The van der Waals surface area contributed by atoms with Crippen LogP contribution in [0.15, 0.2) is 53.6 Å². The molecule has 0 aliphatic heterocycles. The molecule has 3 rings (SSSR count). The van der Waals surface area contributed by atoms with Gasteiger partial charge in [-0.1, -0.05) is 17.7 Å². The van der Waals surface area contributed by atoms with Gasteiger partial charge in [-0.15, -0.1) is 0 Å². The molecular formula is C20H20ClFN6O4S. The van der Waals surface area contributed by atoms with Gasteiger partial charge in [0, 0.05) is 25.5 Å². The lowest BCUT2D eigenvalue weighted by Gasteiger charge is -2.13. The maximum atomic E-state index is 14.3. The molecule has 0 bridgehead atoms. The molecule has 174 valence electrons. The Balaban J connectivity index is 1.75. The van der Waals surface area contributed by atoms with E-state index in [2.05, 4.69) is 20.6 Å². The molecule has 1 amide bonds. The Morgan fingerprint density at radius 1 is 1.18 bits per heavy atom. The summed E-state index contributed by atoms with van der Waals surface area (Å²) in [4.78, 5) is 20.9. The Hall–Kier alpha value is -3.48. The van der Waals surface area contributed by atoms with Crippen LogP contribution in [0.2, 0.25) is 5.02 Å². The van der Waals surface area contributed by atoms with Crippen LogP contribution in [0.1, 0.15) is 0 Å². The van der Waals surface area contributed by atoms with Crippen molar-refractivity contribution in [2.75, 3.05) is 31.3 Å². The monoisotopic (exact) mass is 494 g/mol. The second-order valence-electron chi connectivity index (χ2n) is 6.94. The van der Waals surface area contributed by atoms with E-state index in [-0.39, 0.29) is 39.9 Å². The third-order valence-corrected chi connectivity index (χ3v) is 5.41. The summed E-state index contributed by atoms with van der Waals surface area (Å²) in [6.07, 6.45) is 0.952. The molecule has 0 spiro atoms. The molecule has 0 atom stereocenters. The number of benzene rings is 2. The fraction of sp³-hybridized carbons (Fsp3) is 0.150. The number of halogens is 2. The number of nitrogens with one attached hydrogen (secondary N) is 2. The highest BCUT2D eigenvalue weighted by Crippen LogP contribution is 2.30. The minimum atomic E-state index is -3.89. The molecule has 4 N–H and O–H groups in total. The number of likely N-dealkylation sites (N-methyl/N-ethyl adjacent to an activating group) is 1. The molecular weight excluding hydrogens is 475 g/mol. The Kier molecular flexibility index (Phi) is 7.31. The molecule has 10 nitrogen and oxygen atoms in total. The van der Waals surface area contributed by atoms with Crippen molar-refractivity contribution in [1.29, 1.82) is 0 Å². The van der Waals surface area contributed by atoms with E-state index >= 15 is 0 Å². The number of primary sulfonamides is 1. The van der Waals surface area contributed by atoms with Crippen LogP contribution in [0.25, 0.3) is 0 Å². The predicted molar refractivity (Wildman–Crippen MR) is 122 cm³/mol. The molecule has 13 heteroatoms. The number of amides is 1. The first-order chi connectivity index (χ1) is 15.5. The van der Waals surface area contributed by atoms with Crippen LogP contribution in [-0.4, -0.2) is 49.9 Å². The van der Waals surface area contributed by atoms with E-state index in [1.807, 2.05) is 0 Å². The first kappa shape index (κ1) is 24.2. The topological polar surface area (TPSA) is 140 Å². The molecule has 1 heterocycles. The van der Waals surface area contributed by atoms with Crippen LogP contribution in [0.4, 0.5) is 27.5 Å². The average Bonchev–Trinajstić information content (AvgIpc) is 2.75. The van der Waals surface area contributed by atoms with Crippen molar-refractivity contribution >= 4 is 50.7 Å². The number of carbonyl (C=O) groups is 1. The second-order valence-corrected chi connectivity index (χ2v) is 8.90.